The first-order valence-electron chi connectivity index (χ1n) is 3.73. The lowest BCUT2D eigenvalue weighted by molar-refractivity contribution is -0.121. The third-order valence-electron chi connectivity index (χ3n) is 2.06. The number of nitrogens with two attached hydrogens (primary N) is 2. The Bertz CT molecular complexity index is 134. The number of carbonyl (C=O) groups is 1. The summed E-state index contributed by atoms with van der Waals surface area (Å²) in [7, 11) is 0. The van der Waals surface area contributed by atoms with E-state index < -0.39 is 0 Å². The summed E-state index contributed by atoms with van der Waals surface area (Å²) in [5, 5.41) is 0. The molecule has 1 saturated carbocycles. The van der Waals surface area contributed by atoms with Crippen LogP contribution in [0.5, 0.6) is 0 Å². The van der Waals surface area contributed by atoms with E-state index in [1.54, 1.807) is 0 Å². The molecule has 0 aromatic heterocycles. The van der Waals surface area contributed by atoms with Crippen molar-refractivity contribution in [3.63, 3.8) is 0 Å². The molecule has 0 saturated heterocycles. The Morgan fingerprint density at radius 1 is 1.50 bits per heavy atom. The Labute approximate surface area is 60.8 Å². The maximum Gasteiger partial charge on any atom is 0.133 e. The molecule has 0 amide bonds. The molecule has 3 heteroatoms. The molecular weight excluding hydrogens is 128 g/mol. The summed E-state index contributed by atoms with van der Waals surface area (Å²) in [6.07, 6.45) is 3.00. The zero-order chi connectivity index (χ0) is 7.56. The van der Waals surface area contributed by atoms with Crippen LogP contribution in [0.1, 0.15) is 25.7 Å². The van der Waals surface area contributed by atoms with Gasteiger partial charge in [-0.05, 0) is 18.8 Å². The van der Waals surface area contributed by atoms with E-state index in [1.165, 1.54) is 0 Å². The Balaban J connectivity index is 2.39. The molecule has 1 fully saturated rings. The van der Waals surface area contributed by atoms with Gasteiger partial charge in [0, 0.05) is 12.8 Å². The largest absolute Gasteiger partial charge is 0.316 e. The molecule has 0 aromatic carbocycles. The van der Waals surface area contributed by atoms with E-state index in [0.29, 0.717) is 12.2 Å². The highest BCUT2D eigenvalue weighted by atomic mass is 16.1. The zero-order valence-electron chi connectivity index (χ0n) is 6.05. The molecule has 1 rings (SSSR count). The van der Waals surface area contributed by atoms with Gasteiger partial charge in [0.25, 0.3) is 0 Å². The monoisotopic (exact) mass is 142 g/mol. The molecule has 1 atom stereocenters. The molecule has 0 aromatic rings. The van der Waals surface area contributed by atoms with E-state index in [0.717, 1.165) is 19.3 Å². The van der Waals surface area contributed by atoms with Crippen molar-refractivity contribution >= 4 is 5.78 Å². The Morgan fingerprint density at radius 2 is 2.20 bits per heavy atom. The Kier molecular flexibility index (Phi) is 2.40. The van der Waals surface area contributed by atoms with Gasteiger partial charge in [0.2, 0.25) is 0 Å². The van der Waals surface area contributed by atoms with Gasteiger partial charge >= 0.3 is 0 Å². The summed E-state index contributed by atoms with van der Waals surface area (Å²) in [5.74, 6) is 0.554. The van der Waals surface area contributed by atoms with E-state index in [4.69, 9.17) is 11.5 Å². The van der Waals surface area contributed by atoms with Crippen LogP contribution in [0.4, 0.5) is 0 Å². The first-order valence-corrected chi connectivity index (χ1v) is 3.73. The summed E-state index contributed by atoms with van der Waals surface area (Å²) < 4.78 is 0. The minimum absolute atomic E-state index is 0.237. The lowest BCUT2D eigenvalue weighted by atomic mass is 9.87. The molecule has 0 radical (unpaired) electrons. The molecule has 58 valence electrons. The smallest absolute Gasteiger partial charge is 0.133 e. The summed E-state index contributed by atoms with van der Waals surface area (Å²) in [5.41, 5.74) is 10.9. The van der Waals surface area contributed by atoms with E-state index >= 15 is 0 Å². The van der Waals surface area contributed by atoms with Crippen molar-refractivity contribution in [2.24, 2.45) is 17.4 Å². The van der Waals surface area contributed by atoms with Crippen molar-refractivity contribution in [1.29, 1.82) is 0 Å². The molecule has 3 nitrogen and oxygen atoms in total. The fourth-order valence-electron chi connectivity index (χ4n) is 1.39. The second kappa shape index (κ2) is 3.12. The summed E-state index contributed by atoms with van der Waals surface area (Å²) in [4.78, 5) is 10.9. The molecular formula is C7H14N2O. The molecule has 0 heterocycles. The van der Waals surface area contributed by atoms with Crippen LogP contribution in [0, 0.1) is 5.92 Å². The van der Waals surface area contributed by atoms with Gasteiger partial charge in [-0.25, -0.2) is 0 Å². The van der Waals surface area contributed by atoms with E-state index in [2.05, 4.69) is 0 Å². The van der Waals surface area contributed by atoms with Crippen LogP contribution >= 0.6 is 0 Å². The normalized spacial score (nSPS) is 27.5. The van der Waals surface area contributed by atoms with Crippen LogP contribution < -0.4 is 11.5 Å². The van der Waals surface area contributed by atoms with Gasteiger partial charge in [-0.1, -0.05) is 0 Å². The fourth-order valence-corrected chi connectivity index (χ4v) is 1.39. The van der Waals surface area contributed by atoms with Crippen molar-refractivity contribution in [2.45, 2.75) is 31.8 Å². The van der Waals surface area contributed by atoms with Crippen molar-refractivity contribution < 1.29 is 4.79 Å². The predicted octanol–water partition coefficient (Wildman–Crippen LogP) is -0.0108. The van der Waals surface area contributed by atoms with Gasteiger partial charge in [0.05, 0.1) is 6.17 Å². The first-order chi connectivity index (χ1) is 4.70. The van der Waals surface area contributed by atoms with Crippen molar-refractivity contribution in [2.75, 3.05) is 0 Å². The predicted molar refractivity (Wildman–Crippen MR) is 39.1 cm³/mol. The summed E-state index contributed by atoms with van der Waals surface area (Å²) in [6, 6.07) is 0. The van der Waals surface area contributed by atoms with Crippen LogP contribution in [0.3, 0.4) is 0 Å². The number of hydrogen-bond donors (Lipinski definition) is 2. The molecule has 1 aliphatic carbocycles. The van der Waals surface area contributed by atoms with E-state index in [-0.39, 0.29) is 12.1 Å². The lowest BCUT2D eigenvalue weighted by Crippen LogP contribution is -2.41. The summed E-state index contributed by atoms with van der Waals surface area (Å²) >= 11 is 0. The standard InChI is InChI=1S/C7H14N2O/c8-7(9)5-2-1-3-6(10)4-5/h5,7H,1-4,8-9H2. The quantitative estimate of drug-likeness (QED) is 0.506. The van der Waals surface area contributed by atoms with Gasteiger partial charge in [-0.2, -0.15) is 0 Å². The van der Waals surface area contributed by atoms with Crippen LogP contribution in [-0.4, -0.2) is 11.9 Å². The SMILES string of the molecule is NC(N)C1CCCC(=O)C1. The van der Waals surface area contributed by atoms with Gasteiger partial charge < -0.3 is 11.5 Å². The average Bonchev–Trinajstić information content (AvgIpc) is 1.88. The lowest BCUT2D eigenvalue weighted by Gasteiger charge is -2.23. The highest BCUT2D eigenvalue weighted by Crippen LogP contribution is 2.21. The third kappa shape index (κ3) is 1.78. The van der Waals surface area contributed by atoms with Crippen LogP contribution in [0.2, 0.25) is 0 Å². The molecule has 0 spiro atoms. The highest BCUT2D eigenvalue weighted by Gasteiger charge is 2.22. The summed E-state index contributed by atoms with van der Waals surface area (Å²) in [6.45, 7) is 0. The minimum atomic E-state index is -0.302. The molecule has 0 aliphatic heterocycles. The Morgan fingerprint density at radius 3 is 2.60 bits per heavy atom. The van der Waals surface area contributed by atoms with Gasteiger partial charge in [0.1, 0.15) is 5.78 Å². The second-order valence-corrected chi connectivity index (χ2v) is 2.97. The van der Waals surface area contributed by atoms with Crippen LogP contribution in [0.15, 0.2) is 0 Å². The molecule has 10 heavy (non-hydrogen) atoms. The number of hydrogen-bond acceptors (Lipinski definition) is 3. The average molecular weight is 142 g/mol. The van der Waals surface area contributed by atoms with Gasteiger partial charge in [0.15, 0.2) is 0 Å². The van der Waals surface area contributed by atoms with Crippen molar-refractivity contribution in [3.8, 4) is 0 Å². The molecule has 1 aliphatic rings. The number of rotatable bonds is 1. The maximum atomic E-state index is 10.9. The zero-order valence-corrected chi connectivity index (χ0v) is 6.05. The fraction of sp³-hybridized carbons (Fsp3) is 0.857. The third-order valence-corrected chi connectivity index (χ3v) is 2.06. The number of ketones is 1. The topological polar surface area (TPSA) is 69.1 Å². The molecule has 0 bridgehead atoms. The number of carbonyl (C=O) groups excluding carboxylic acids is 1. The maximum absolute atomic E-state index is 10.9. The minimum Gasteiger partial charge on any atom is -0.316 e. The van der Waals surface area contributed by atoms with Crippen molar-refractivity contribution in [3.05, 3.63) is 0 Å². The van der Waals surface area contributed by atoms with E-state index in [1.807, 2.05) is 0 Å². The van der Waals surface area contributed by atoms with Gasteiger partial charge in [-0.15, -0.1) is 0 Å². The van der Waals surface area contributed by atoms with Crippen LogP contribution in [-0.2, 0) is 4.79 Å². The highest BCUT2D eigenvalue weighted by molar-refractivity contribution is 5.79. The molecule has 4 N–H and O–H groups in total. The van der Waals surface area contributed by atoms with Crippen LogP contribution in [0.25, 0.3) is 0 Å². The number of Topliss-reactive ketones (excluding diaryl/α,β-unsaturated/α-hetero) is 1. The Hall–Kier alpha value is -0.410. The molecule has 1 unspecified atom stereocenters. The first kappa shape index (κ1) is 7.69. The van der Waals surface area contributed by atoms with E-state index in [9.17, 15) is 4.79 Å². The van der Waals surface area contributed by atoms with Gasteiger partial charge in [-0.3, -0.25) is 4.79 Å². The second-order valence-electron chi connectivity index (χ2n) is 2.97. The van der Waals surface area contributed by atoms with Crippen molar-refractivity contribution in [1.82, 2.24) is 0 Å².